The van der Waals surface area contributed by atoms with Gasteiger partial charge in [-0.1, -0.05) is 12.1 Å². The Labute approximate surface area is 127 Å². The van der Waals surface area contributed by atoms with E-state index >= 15 is 0 Å². The molecule has 1 aliphatic heterocycles. The van der Waals surface area contributed by atoms with Crippen LogP contribution >= 0.6 is 0 Å². The van der Waals surface area contributed by atoms with Gasteiger partial charge in [-0.05, 0) is 42.7 Å². The molecule has 5 heteroatoms. The van der Waals surface area contributed by atoms with Gasteiger partial charge in [-0.15, -0.1) is 0 Å². The SMILES string of the molecule is COc1ccc(F)cc1C(=O)N1CCCc2cccc(F)c21. The van der Waals surface area contributed by atoms with Crippen molar-refractivity contribution in [3.63, 3.8) is 0 Å². The molecule has 0 saturated heterocycles. The highest BCUT2D eigenvalue weighted by Crippen LogP contribution is 2.32. The summed E-state index contributed by atoms with van der Waals surface area (Å²) < 4.78 is 32.8. The molecule has 0 N–H and O–H groups in total. The van der Waals surface area contributed by atoms with Crippen molar-refractivity contribution in [1.29, 1.82) is 0 Å². The van der Waals surface area contributed by atoms with Gasteiger partial charge in [-0.3, -0.25) is 4.79 Å². The molecular weight excluding hydrogens is 288 g/mol. The number of hydrogen-bond acceptors (Lipinski definition) is 2. The van der Waals surface area contributed by atoms with E-state index < -0.39 is 17.5 Å². The molecule has 0 bridgehead atoms. The molecule has 0 atom stereocenters. The summed E-state index contributed by atoms with van der Waals surface area (Å²) in [5.74, 6) is -1.16. The lowest BCUT2D eigenvalue weighted by atomic mass is 10.00. The predicted octanol–water partition coefficient (Wildman–Crippen LogP) is 3.57. The van der Waals surface area contributed by atoms with E-state index in [9.17, 15) is 13.6 Å². The Morgan fingerprint density at radius 2 is 2.05 bits per heavy atom. The lowest BCUT2D eigenvalue weighted by Crippen LogP contribution is -2.36. The van der Waals surface area contributed by atoms with Gasteiger partial charge in [-0.25, -0.2) is 8.78 Å². The fourth-order valence-corrected chi connectivity index (χ4v) is 2.80. The number of benzene rings is 2. The molecule has 0 radical (unpaired) electrons. The van der Waals surface area contributed by atoms with E-state index in [1.807, 2.05) is 0 Å². The van der Waals surface area contributed by atoms with E-state index in [0.717, 1.165) is 24.5 Å². The molecule has 3 nitrogen and oxygen atoms in total. The maximum Gasteiger partial charge on any atom is 0.262 e. The first-order valence-electron chi connectivity index (χ1n) is 7.04. The highest BCUT2D eigenvalue weighted by Gasteiger charge is 2.28. The molecule has 0 spiro atoms. The summed E-state index contributed by atoms with van der Waals surface area (Å²) in [4.78, 5) is 14.1. The Bertz CT molecular complexity index is 731. The van der Waals surface area contributed by atoms with Crippen LogP contribution in [0.5, 0.6) is 5.75 Å². The normalized spacial score (nSPS) is 13.7. The number of amides is 1. The molecule has 0 aromatic heterocycles. The van der Waals surface area contributed by atoms with Crippen LogP contribution in [0.3, 0.4) is 0 Å². The number of nitrogens with zero attached hydrogens (tertiary/aromatic N) is 1. The maximum atomic E-state index is 14.2. The summed E-state index contributed by atoms with van der Waals surface area (Å²) >= 11 is 0. The molecule has 2 aromatic carbocycles. The highest BCUT2D eigenvalue weighted by atomic mass is 19.1. The summed E-state index contributed by atoms with van der Waals surface area (Å²) in [6, 6.07) is 8.50. The number of ether oxygens (including phenoxy) is 1. The third kappa shape index (κ3) is 2.43. The van der Waals surface area contributed by atoms with Crippen LogP contribution in [0.15, 0.2) is 36.4 Å². The third-order valence-corrected chi connectivity index (χ3v) is 3.81. The van der Waals surface area contributed by atoms with E-state index in [2.05, 4.69) is 0 Å². The zero-order valence-corrected chi connectivity index (χ0v) is 12.1. The van der Waals surface area contributed by atoms with Gasteiger partial charge in [0.25, 0.3) is 5.91 Å². The van der Waals surface area contributed by atoms with E-state index in [-0.39, 0.29) is 17.0 Å². The lowest BCUT2D eigenvalue weighted by molar-refractivity contribution is 0.0980. The number of para-hydroxylation sites is 1. The summed E-state index contributed by atoms with van der Waals surface area (Å²) in [7, 11) is 1.41. The number of halogens is 2. The first-order chi connectivity index (χ1) is 10.6. The van der Waals surface area contributed by atoms with Crippen molar-refractivity contribution in [2.24, 2.45) is 0 Å². The molecule has 1 heterocycles. The first-order valence-corrected chi connectivity index (χ1v) is 7.04. The third-order valence-electron chi connectivity index (χ3n) is 3.81. The molecule has 0 aliphatic carbocycles. The topological polar surface area (TPSA) is 29.5 Å². The van der Waals surface area contributed by atoms with Crippen LogP contribution in [0, 0.1) is 11.6 Å². The minimum absolute atomic E-state index is 0.0959. The molecule has 1 aliphatic rings. The Balaban J connectivity index is 2.07. The molecule has 22 heavy (non-hydrogen) atoms. The minimum atomic E-state index is -0.532. The van der Waals surface area contributed by atoms with Crippen LogP contribution in [0.1, 0.15) is 22.3 Å². The number of hydrogen-bond donors (Lipinski definition) is 0. The molecule has 2 aromatic rings. The Hall–Kier alpha value is -2.43. The van der Waals surface area contributed by atoms with Gasteiger partial charge in [0.1, 0.15) is 17.4 Å². The van der Waals surface area contributed by atoms with Crippen molar-refractivity contribution in [2.75, 3.05) is 18.6 Å². The second kappa shape index (κ2) is 5.75. The van der Waals surface area contributed by atoms with E-state index in [0.29, 0.717) is 6.54 Å². The van der Waals surface area contributed by atoms with Crippen LogP contribution < -0.4 is 9.64 Å². The zero-order chi connectivity index (χ0) is 15.7. The monoisotopic (exact) mass is 303 g/mol. The quantitative estimate of drug-likeness (QED) is 0.849. The van der Waals surface area contributed by atoms with E-state index in [1.165, 1.54) is 30.2 Å². The van der Waals surface area contributed by atoms with Gasteiger partial charge in [0.05, 0.1) is 18.4 Å². The molecule has 0 unspecified atom stereocenters. The van der Waals surface area contributed by atoms with Crippen molar-refractivity contribution in [1.82, 2.24) is 0 Å². The number of fused-ring (bicyclic) bond motifs is 1. The van der Waals surface area contributed by atoms with Gasteiger partial charge in [0.2, 0.25) is 0 Å². The molecule has 1 amide bonds. The number of methoxy groups -OCH3 is 1. The number of aryl methyl sites for hydroxylation is 1. The first kappa shape index (κ1) is 14.5. The summed E-state index contributed by atoms with van der Waals surface area (Å²) in [6.07, 6.45) is 1.46. The standard InChI is InChI=1S/C17H15F2NO2/c1-22-15-8-7-12(18)10-13(15)17(21)20-9-3-5-11-4-2-6-14(19)16(11)20/h2,4,6-8,10H,3,5,9H2,1H3. The van der Waals surface area contributed by atoms with Crippen LogP contribution in [0.25, 0.3) is 0 Å². The van der Waals surface area contributed by atoms with Crippen LogP contribution in [-0.4, -0.2) is 19.6 Å². The molecule has 114 valence electrons. The predicted molar refractivity (Wildman–Crippen MR) is 79.3 cm³/mol. The fourth-order valence-electron chi connectivity index (χ4n) is 2.80. The van der Waals surface area contributed by atoms with Crippen molar-refractivity contribution < 1.29 is 18.3 Å². The number of rotatable bonds is 2. The van der Waals surface area contributed by atoms with Gasteiger partial charge in [0, 0.05) is 6.54 Å². The molecule has 3 rings (SSSR count). The van der Waals surface area contributed by atoms with Crippen molar-refractivity contribution in [2.45, 2.75) is 12.8 Å². The number of anilines is 1. The highest BCUT2D eigenvalue weighted by molar-refractivity contribution is 6.08. The van der Waals surface area contributed by atoms with Crippen LogP contribution in [0.2, 0.25) is 0 Å². The molecular formula is C17H15F2NO2. The van der Waals surface area contributed by atoms with Crippen molar-refractivity contribution in [3.8, 4) is 5.75 Å². The summed E-state index contributed by atoms with van der Waals surface area (Å²) in [5.41, 5.74) is 1.17. The van der Waals surface area contributed by atoms with E-state index in [1.54, 1.807) is 12.1 Å². The Morgan fingerprint density at radius 3 is 2.82 bits per heavy atom. The summed E-state index contributed by atoms with van der Waals surface area (Å²) in [6.45, 7) is 0.395. The molecule has 0 saturated carbocycles. The second-order valence-electron chi connectivity index (χ2n) is 5.15. The van der Waals surface area contributed by atoms with Gasteiger partial charge >= 0.3 is 0 Å². The smallest absolute Gasteiger partial charge is 0.262 e. The maximum absolute atomic E-state index is 14.2. The Morgan fingerprint density at radius 1 is 1.23 bits per heavy atom. The Kier molecular flexibility index (Phi) is 3.79. The average Bonchev–Trinajstić information content (AvgIpc) is 2.54. The van der Waals surface area contributed by atoms with Crippen LogP contribution in [0.4, 0.5) is 14.5 Å². The van der Waals surface area contributed by atoms with Gasteiger partial charge in [0.15, 0.2) is 0 Å². The minimum Gasteiger partial charge on any atom is -0.496 e. The number of carbonyl (C=O) groups excluding carboxylic acids is 1. The lowest BCUT2D eigenvalue weighted by Gasteiger charge is -2.30. The van der Waals surface area contributed by atoms with Crippen LogP contribution in [-0.2, 0) is 6.42 Å². The largest absolute Gasteiger partial charge is 0.496 e. The van der Waals surface area contributed by atoms with E-state index in [4.69, 9.17) is 4.74 Å². The van der Waals surface area contributed by atoms with Crippen molar-refractivity contribution >= 4 is 11.6 Å². The number of carbonyl (C=O) groups is 1. The zero-order valence-electron chi connectivity index (χ0n) is 12.1. The second-order valence-corrected chi connectivity index (χ2v) is 5.15. The molecule has 0 fully saturated rings. The van der Waals surface area contributed by atoms with Gasteiger partial charge < -0.3 is 9.64 Å². The average molecular weight is 303 g/mol. The van der Waals surface area contributed by atoms with Gasteiger partial charge in [-0.2, -0.15) is 0 Å². The summed E-state index contributed by atoms with van der Waals surface area (Å²) in [5, 5.41) is 0. The fraction of sp³-hybridized carbons (Fsp3) is 0.235. The van der Waals surface area contributed by atoms with Crippen molar-refractivity contribution in [3.05, 3.63) is 59.2 Å².